The summed E-state index contributed by atoms with van der Waals surface area (Å²) >= 11 is 0. The van der Waals surface area contributed by atoms with E-state index >= 15 is 0 Å². The monoisotopic (exact) mass is 346 g/mol. The second-order valence-electron chi connectivity index (χ2n) is 7.43. The van der Waals surface area contributed by atoms with Gasteiger partial charge in [-0.05, 0) is 22.6 Å². The van der Waals surface area contributed by atoms with E-state index in [1.807, 2.05) is 30.6 Å². The van der Waals surface area contributed by atoms with Gasteiger partial charge in [0.05, 0.1) is 5.56 Å². The molecule has 1 aliphatic heterocycles. The normalized spacial score (nSPS) is 18.1. The van der Waals surface area contributed by atoms with Gasteiger partial charge in [0.1, 0.15) is 6.67 Å². The van der Waals surface area contributed by atoms with Crippen LogP contribution in [-0.2, 0) is 18.1 Å². The topological polar surface area (TPSA) is 6.48 Å². The first-order valence-electron chi connectivity index (χ1n) is 8.32. The number of hydrogen-bond donors (Lipinski definition) is 0. The number of rotatable bonds is 4. The average Bonchev–Trinajstić information content (AvgIpc) is 2.48. The van der Waals surface area contributed by atoms with E-state index < -0.39 is 11.7 Å². The molecule has 1 saturated heterocycles. The van der Waals surface area contributed by atoms with Crippen molar-refractivity contribution in [2.45, 2.75) is 38.9 Å². The third kappa shape index (κ3) is 4.93. The van der Waals surface area contributed by atoms with E-state index in [9.17, 15) is 17.6 Å². The molecule has 24 heavy (non-hydrogen) atoms. The minimum Gasteiger partial charge on any atom is -0.298 e. The quantitative estimate of drug-likeness (QED) is 0.758. The number of piperazine rings is 1. The lowest BCUT2D eigenvalue weighted by molar-refractivity contribution is -0.138. The number of halogens is 4. The van der Waals surface area contributed by atoms with Gasteiger partial charge in [0.15, 0.2) is 0 Å². The van der Waals surface area contributed by atoms with Crippen molar-refractivity contribution in [2.75, 3.05) is 39.4 Å². The van der Waals surface area contributed by atoms with Crippen molar-refractivity contribution in [1.29, 1.82) is 0 Å². The molecule has 0 unspecified atom stereocenters. The lowest BCUT2D eigenvalue weighted by Gasteiger charge is -2.34. The first-order chi connectivity index (χ1) is 11.1. The van der Waals surface area contributed by atoms with Crippen LogP contribution >= 0.6 is 0 Å². The SMILES string of the molecule is CC(C)(C)c1ccc(CN2CCN(CCF)CC2)c(C(F)(F)F)c1. The van der Waals surface area contributed by atoms with Crippen molar-refractivity contribution in [2.24, 2.45) is 0 Å². The summed E-state index contributed by atoms with van der Waals surface area (Å²) in [6.07, 6.45) is -4.35. The third-order valence-corrected chi connectivity index (χ3v) is 4.54. The highest BCUT2D eigenvalue weighted by Gasteiger charge is 2.35. The molecule has 1 heterocycles. The van der Waals surface area contributed by atoms with Crippen LogP contribution in [0.5, 0.6) is 0 Å². The van der Waals surface area contributed by atoms with E-state index in [1.54, 1.807) is 12.1 Å². The molecule has 2 nitrogen and oxygen atoms in total. The molecule has 1 fully saturated rings. The number of alkyl halides is 4. The second-order valence-corrected chi connectivity index (χ2v) is 7.43. The zero-order valence-corrected chi connectivity index (χ0v) is 14.6. The van der Waals surface area contributed by atoms with Crippen LogP contribution in [0.4, 0.5) is 17.6 Å². The minimum atomic E-state index is -4.35. The van der Waals surface area contributed by atoms with Crippen LogP contribution in [0.3, 0.4) is 0 Å². The molecule has 0 N–H and O–H groups in total. The molecule has 0 aliphatic carbocycles. The third-order valence-electron chi connectivity index (χ3n) is 4.54. The Balaban J connectivity index is 2.15. The van der Waals surface area contributed by atoms with Crippen molar-refractivity contribution in [1.82, 2.24) is 9.80 Å². The Morgan fingerprint density at radius 1 is 0.958 bits per heavy atom. The van der Waals surface area contributed by atoms with E-state index in [0.717, 1.165) is 0 Å². The first kappa shape index (κ1) is 19.2. The van der Waals surface area contributed by atoms with Crippen LogP contribution in [0.25, 0.3) is 0 Å². The lowest BCUT2D eigenvalue weighted by atomic mass is 9.85. The number of benzene rings is 1. The standard InChI is InChI=1S/C18H26F4N2/c1-17(2,3)15-5-4-14(16(12-15)18(20,21)22)13-24-10-8-23(7-6-19)9-11-24/h4-5,12H,6-11,13H2,1-3H3. The maximum Gasteiger partial charge on any atom is 0.416 e. The lowest BCUT2D eigenvalue weighted by Crippen LogP contribution is -2.46. The Hall–Kier alpha value is -1.14. The highest BCUT2D eigenvalue weighted by Crippen LogP contribution is 2.36. The van der Waals surface area contributed by atoms with Crippen LogP contribution < -0.4 is 0 Å². The fourth-order valence-electron chi connectivity index (χ4n) is 2.98. The molecular formula is C18H26F4N2. The summed E-state index contributed by atoms with van der Waals surface area (Å²) in [6.45, 7) is 8.76. The van der Waals surface area contributed by atoms with Crippen molar-refractivity contribution in [3.05, 3.63) is 34.9 Å². The molecule has 0 atom stereocenters. The summed E-state index contributed by atoms with van der Waals surface area (Å²) in [7, 11) is 0. The molecule has 1 aromatic carbocycles. The minimum absolute atomic E-state index is 0.280. The van der Waals surface area contributed by atoms with Gasteiger partial charge in [-0.25, -0.2) is 4.39 Å². The van der Waals surface area contributed by atoms with Crippen LogP contribution in [0, 0.1) is 0 Å². The molecule has 0 saturated carbocycles. The molecule has 1 aliphatic rings. The van der Waals surface area contributed by atoms with Gasteiger partial charge in [0, 0.05) is 39.3 Å². The summed E-state index contributed by atoms with van der Waals surface area (Å²) in [6, 6.07) is 4.69. The molecule has 6 heteroatoms. The molecule has 0 aromatic heterocycles. The van der Waals surface area contributed by atoms with Gasteiger partial charge in [0.2, 0.25) is 0 Å². The second kappa shape index (κ2) is 7.40. The molecular weight excluding hydrogens is 320 g/mol. The first-order valence-corrected chi connectivity index (χ1v) is 8.32. The van der Waals surface area contributed by atoms with E-state index in [0.29, 0.717) is 43.9 Å². The Bertz CT molecular complexity index is 541. The molecule has 136 valence electrons. The molecule has 0 bridgehead atoms. The molecule has 0 amide bonds. The number of hydrogen-bond acceptors (Lipinski definition) is 2. The van der Waals surface area contributed by atoms with E-state index in [2.05, 4.69) is 0 Å². The maximum absolute atomic E-state index is 13.5. The summed E-state index contributed by atoms with van der Waals surface area (Å²) in [5.74, 6) is 0. The fraction of sp³-hybridized carbons (Fsp3) is 0.667. The molecule has 0 spiro atoms. The van der Waals surface area contributed by atoms with Gasteiger partial charge in [0.25, 0.3) is 0 Å². The Labute approximate surface area is 141 Å². The highest BCUT2D eigenvalue weighted by atomic mass is 19.4. The van der Waals surface area contributed by atoms with Crippen LogP contribution in [0.1, 0.15) is 37.5 Å². The predicted octanol–water partition coefficient (Wildman–Crippen LogP) is 4.09. The van der Waals surface area contributed by atoms with E-state index in [1.165, 1.54) is 6.07 Å². The van der Waals surface area contributed by atoms with Gasteiger partial charge in [-0.15, -0.1) is 0 Å². The van der Waals surface area contributed by atoms with Gasteiger partial charge < -0.3 is 0 Å². The van der Waals surface area contributed by atoms with Crippen molar-refractivity contribution >= 4 is 0 Å². The maximum atomic E-state index is 13.5. The van der Waals surface area contributed by atoms with E-state index in [-0.39, 0.29) is 18.6 Å². The summed E-state index contributed by atoms with van der Waals surface area (Å²) in [5.41, 5.74) is 0.137. The van der Waals surface area contributed by atoms with Crippen molar-refractivity contribution in [3.63, 3.8) is 0 Å². The smallest absolute Gasteiger partial charge is 0.298 e. The van der Waals surface area contributed by atoms with E-state index in [4.69, 9.17) is 0 Å². The van der Waals surface area contributed by atoms with Crippen LogP contribution in [-0.4, -0.2) is 49.2 Å². The van der Waals surface area contributed by atoms with Crippen LogP contribution in [0.15, 0.2) is 18.2 Å². The summed E-state index contributed by atoms with van der Waals surface area (Å²) in [5, 5.41) is 0. The van der Waals surface area contributed by atoms with Gasteiger partial charge in [-0.2, -0.15) is 13.2 Å². The predicted molar refractivity (Wildman–Crippen MR) is 87.8 cm³/mol. The Morgan fingerprint density at radius 3 is 2.04 bits per heavy atom. The van der Waals surface area contributed by atoms with Crippen LogP contribution in [0.2, 0.25) is 0 Å². The average molecular weight is 346 g/mol. The van der Waals surface area contributed by atoms with Crippen molar-refractivity contribution < 1.29 is 17.6 Å². The largest absolute Gasteiger partial charge is 0.416 e. The zero-order valence-electron chi connectivity index (χ0n) is 14.6. The molecule has 1 aromatic rings. The number of nitrogens with zero attached hydrogens (tertiary/aromatic N) is 2. The summed E-state index contributed by atoms with van der Waals surface area (Å²) < 4.78 is 52.8. The Kier molecular flexibility index (Phi) is 5.91. The highest BCUT2D eigenvalue weighted by molar-refractivity contribution is 5.37. The Morgan fingerprint density at radius 2 is 1.54 bits per heavy atom. The summed E-state index contributed by atoms with van der Waals surface area (Å²) in [4.78, 5) is 4.01. The zero-order chi connectivity index (χ0) is 18.0. The van der Waals surface area contributed by atoms with Gasteiger partial charge in [-0.3, -0.25) is 9.80 Å². The molecule has 0 radical (unpaired) electrons. The van der Waals surface area contributed by atoms with Gasteiger partial charge >= 0.3 is 6.18 Å². The molecule has 2 rings (SSSR count). The van der Waals surface area contributed by atoms with Crippen molar-refractivity contribution in [3.8, 4) is 0 Å². The van der Waals surface area contributed by atoms with Gasteiger partial charge in [-0.1, -0.05) is 32.9 Å². The fourth-order valence-corrected chi connectivity index (χ4v) is 2.98.